The Bertz CT molecular complexity index is 290. The van der Waals surface area contributed by atoms with Crippen molar-refractivity contribution in [2.24, 2.45) is 12.8 Å². The van der Waals surface area contributed by atoms with Crippen LogP contribution in [0.25, 0.3) is 0 Å². The summed E-state index contributed by atoms with van der Waals surface area (Å²) in [6.45, 7) is 5.83. The van der Waals surface area contributed by atoms with E-state index in [1.54, 1.807) is 0 Å². The number of aryl methyl sites for hydroxylation is 1. The van der Waals surface area contributed by atoms with Gasteiger partial charge in [0.1, 0.15) is 0 Å². The molecule has 1 heterocycles. The highest BCUT2D eigenvalue weighted by Crippen LogP contribution is 2.10. The quantitative estimate of drug-likeness (QED) is 0.772. The SMILES string of the molecule is CC(C)N(C)Cc1c(CN)cnn1C. The lowest BCUT2D eigenvalue weighted by molar-refractivity contribution is 0.258. The molecule has 0 aromatic carbocycles. The summed E-state index contributed by atoms with van der Waals surface area (Å²) in [7, 11) is 4.07. The maximum absolute atomic E-state index is 5.64. The second-order valence-electron chi connectivity index (χ2n) is 3.95. The van der Waals surface area contributed by atoms with Crippen LogP contribution in [0.4, 0.5) is 0 Å². The molecule has 0 unspecified atom stereocenters. The van der Waals surface area contributed by atoms with Gasteiger partial charge in [0, 0.05) is 31.7 Å². The molecule has 0 aliphatic rings. The highest BCUT2D eigenvalue weighted by molar-refractivity contribution is 5.17. The number of nitrogens with two attached hydrogens (primary N) is 1. The summed E-state index contributed by atoms with van der Waals surface area (Å²) in [6.07, 6.45) is 1.85. The van der Waals surface area contributed by atoms with E-state index in [9.17, 15) is 0 Å². The minimum atomic E-state index is 0.538. The number of aromatic nitrogens is 2. The van der Waals surface area contributed by atoms with Crippen molar-refractivity contribution in [2.45, 2.75) is 33.0 Å². The van der Waals surface area contributed by atoms with Gasteiger partial charge < -0.3 is 5.73 Å². The minimum absolute atomic E-state index is 0.538. The third-order valence-corrected chi connectivity index (χ3v) is 2.65. The molecule has 0 amide bonds. The predicted molar refractivity (Wildman–Crippen MR) is 57.7 cm³/mol. The first kappa shape index (κ1) is 11.2. The van der Waals surface area contributed by atoms with Crippen LogP contribution in [0.1, 0.15) is 25.1 Å². The minimum Gasteiger partial charge on any atom is -0.326 e. The van der Waals surface area contributed by atoms with E-state index in [0.717, 1.165) is 12.1 Å². The zero-order chi connectivity index (χ0) is 10.7. The second kappa shape index (κ2) is 4.57. The van der Waals surface area contributed by atoms with E-state index >= 15 is 0 Å². The first-order valence-corrected chi connectivity index (χ1v) is 4.96. The van der Waals surface area contributed by atoms with Crippen LogP contribution in [0.2, 0.25) is 0 Å². The van der Waals surface area contributed by atoms with Crippen molar-refractivity contribution in [3.8, 4) is 0 Å². The third-order valence-electron chi connectivity index (χ3n) is 2.65. The fourth-order valence-electron chi connectivity index (χ4n) is 1.30. The van der Waals surface area contributed by atoms with Crippen molar-refractivity contribution < 1.29 is 0 Å². The Balaban J connectivity index is 2.79. The number of hydrogen-bond acceptors (Lipinski definition) is 3. The van der Waals surface area contributed by atoms with Crippen LogP contribution in [0, 0.1) is 0 Å². The van der Waals surface area contributed by atoms with E-state index in [1.165, 1.54) is 5.69 Å². The van der Waals surface area contributed by atoms with Crippen LogP contribution in [-0.2, 0) is 20.1 Å². The van der Waals surface area contributed by atoms with E-state index in [1.807, 2.05) is 17.9 Å². The summed E-state index contributed by atoms with van der Waals surface area (Å²) in [6, 6.07) is 0.538. The van der Waals surface area contributed by atoms with Gasteiger partial charge in [0.15, 0.2) is 0 Å². The van der Waals surface area contributed by atoms with Gasteiger partial charge >= 0.3 is 0 Å². The lowest BCUT2D eigenvalue weighted by Gasteiger charge is -2.21. The molecule has 4 nitrogen and oxygen atoms in total. The Morgan fingerprint density at radius 2 is 2.21 bits per heavy atom. The van der Waals surface area contributed by atoms with E-state index in [2.05, 4.69) is 30.9 Å². The van der Waals surface area contributed by atoms with Gasteiger partial charge in [0.05, 0.1) is 11.9 Å². The third kappa shape index (κ3) is 2.33. The first-order valence-electron chi connectivity index (χ1n) is 4.96. The zero-order valence-electron chi connectivity index (χ0n) is 9.49. The fraction of sp³-hybridized carbons (Fsp3) is 0.700. The standard InChI is InChI=1S/C10H20N4/c1-8(2)13(3)7-10-9(5-11)6-12-14(10)4/h6,8H,5,7,11H2,1-4H3. The molecule has 4 heteroatoms. The van der Waals surface area contributed by atoms with Crippen molar-refractivity contribution in [3.05, 3.63) is 17.5 Å². The Morgan fingerprint density at radius 3 is 2.71 bits per heavy atom. The largest absolute Gasteiger partial charge is 0.326 e. The van der Waals surface area contributed by atoms with Crippen LogP contribution in [0.3, 0.4) is 0 Å². The molecule has 0 bridgehead atoms. The van der Waals surface area contributed by atoms with Gasteiger partial charge in [-0.25, -0.2) is 0 Å². The van der Waals surface area contributed by atoms with E-state index in [0.29, 0.717) is 12.6 Å². The maximum Gasteiger partial charge on any atom is 0.0565 e. The monoisotopic (exact) mass is 196 g/mol. The molecule has 0 saturated carbocycles. The molecule has 0 atom stereocenters. The molecule has 1 aromatic rings. The Labute approximate surface area is 85.7 Å². The van der Waals surface area contributed by atoms with Crippen LogP contribution < -0.4 is 5.73 Å². The maximum atomic E-state index is 5.64. The average molecular weight is 196 g/mol. The molecular weight excluding hydrogens is 176 g/mol. The van der Waals surface area contributed by atoms with E-state index in [-0.39, 0.29) is 0 Å². The van der Waals surface area contributed by atoms with Crippen molar-refractivity contribution in [2.75, 3.05) is 7.05 Å². The summed E-state index contributed by atoms with van der Waals surface area (Å²) < 4.78 is 1.90. The van der Waals surface area contributed by atoms with Crippen LogP contribution in [0.5, 0.6) is 0 Å². The molecule has 0 spiro atoms. The van der Waals surface area contributed by atoms with Crippen molar-refractivity contribution in [1.82, 2.24) is 14.7 Å². The molecular formula is C10H20N4. The average Bonchev–Trinajstić information content (AvgIpc) is 2.47. The summed E-state index contributed by atoms with van der Waals surface area (Å²) in [4.78, 5) is 2.27. The molecule has 2 N–H and O–H groups in total. The highest BCUT2D eigenvalue weighted by Gasteiger charge is 2.11. The normalized spacial score (nSPS) is 11.6. The Kier molecular flexibility index (Phi) is 3.66. The molecule has 1 aromatic heterocycles. The lowest BCUT2D eigenvalue weighted by atomic mass is 10.2. The predicted octanol–water partition coefficient (Wildman–Crippen LogP) is 0.719. The van der Waals surface area contributed by atoms with Gasteiger partial charge in [0.2, 0.25) is 0 Å². The Hall–Kier alpha value is -0.870. The van der Waals surface area contributed by atoms with E-state index < -0.39 is 0 Å². The first-order chi connectivity index (χ1) is 6.56. The van der Waals surface area contributed by atoms with Crippen molar-refractivity contribution in [1.29, 1.82) is 0 Å². The molecule has 0 aliphatic carbocycles. The summed E-state index contributed by atoms with van der Waals surface area (Å²) in [5, 5.41) is 4.21. The number of rotatable bonds is 4. The fourth-order valence-corrected chi connectivity index (χ4v) is 1.30. The summed E-state index contributed by atoms with van der Waals surface area (Å²) >= 11 is 0. The van der Waals surface area contributed by atoms with Gasteiger partial charge in [-0.2, -0.15) is 5.10 Å². The zero-order valence-corrected chi connectivity index (χ0v) is 9.49. The van der Waals surface area contributed by atoms with Crippen LogP contribution in [-0.4, -0.2) is 27.8 Å². The highest BCUT2D eigenvalue weighted by atomic mass is 15.3. The van der Waals surface area contributed by atoms with Gasteiger partial charge in [-0.1, -0.05) is 0 Å². The van der Waals surface area contributed by atoms with Crippen LogP contribution >= 0.6 is 0 Å². The summed E-state index contributed by atoms with van der Waals surface area (Å²) in [5.74, 6) is 0. The molecule has 1 rings (SSSR count). The molecule has 0 saturated heterocycles. The van der Waals surface area contributed by atoms with Gasteiger partial charge in [-0.3, -0.25) is 9.58 Å². The summed E-state index contributed by atoms with van der Waals surface area (Å²) in [5.41, 5.74) is 7.99. The second-order valence-corrected chi connectivity index (χ2v) is 3.95. The topological polar surface area (TPSA) is 47.1 Å². The molecule has 0 fully saturated rings. The molecule has 80 valence electrons. The molecule has 0 aliphatic heterocycles. The number of hydrogen-bond donors (Lipinski definition) is 1. The van der Waals surface area contributed by atoms with Gasteiger partial charge in [-0.05, 0) is 20.9 Å². The lowest BCUT2D eigenvalue weighted by Crippen LogP contribution is -2.27. The van der Waals surface area contributed by atoms with Crippen LogP contribution in [0.15, 0.2) is 6.20 Å². The Morgan fingerprint density at radius 1 is 1.57 bits per heavy atom. The molecule has 14 heavy (non-hydrogen) atoms. The number of nitrogens with zero attached hydrogens (tertiary/aromatic N) is 3. The molecule has 0 radical (unpaired) electrons. The van der Waals surface area contributed by atoms with Crippen molar-refractivity contribution in [3.63, 3.8) is 0 Å². The van der Waals surface area contributed by atoms with E-state index in [4.69, 9.17) is 5.73 Å². The van der Waals surface area contributed by atoms with Gasteiger partial charge in [0.25, 0.3) is 0 Å². The van der Waals surface area contributed by atoms with Gasteiger partial charge in [-0.15, -0.1) is 0 Å². The smallest absolute Gasteiger partial charge is 0.0565 e. The van der Waals surface area contributed by atoms with Crippen molar-refractivity contribution >= 4 is 0 Å².